The third kappa shape index (κ3) is 9.00. The van der Waals surface area contributed by atoms with E-state index in [2.05, 4.69) is 78.8 Å². The second kappa shape index (κ2) is 17.9. The molecule has 0 saturated carbocycles. The predicted octanol–water partition coefficient (Wildman–Crippen LogP) is 10.7. The van der Waals surface area contributed by atoms with Crippen LogP contribution in [0.5, 0.6) is 11.5 Å². The molecule has 10 heteroatoms. The maximum Gasteiger partial charge on any atom is 0.355 e. The molecular weight excluding hydrogens is 670 g/mol. The number of hydrogen-bond acceptors (Lipinski definition) is 6. The van der Waals surface area contributed by atoms with Crippen LogP contribution in [0.3, 0.4) is 0 Å². The minimum Gasteiger partial charge on any atom is -0.508 e. The highest BCUT2D eigenvalue weighted by atomic mass is 32.6. The van der Waals surface area contributed by atoms with Crippen LogP contribution in [0.1, 0.15) is 57.6 Å². The van der Waals surface area contributed by atoms with Crippen LogP contribution in [0.2, 0.25) is 0 Å². The number of para-hydroxylation sites is 2. The zero-order valence-corrected chi connectivity index (χ0v) is 30.5. The van der Waals surface area contributed by atoms with E-state index in [-0.39, 0.29) is 12.5 Å². The van der Waals surface area contributed by atoms with Gasteiger partial charge in [0.25, 0.3) is 0 Å². The molecule has 6 aromatic rings. The van der Waals surface area contributed by atoms with Gasteiger partial charge >= 0.3 is 1.28 Å². The van der Waals surface area contributed by atoms with Gasteiger partial charge in [0.2, 0.25) is 0 Å². The molecule has 0 bridgehead atoms. The standard InChI is InChI=1S/C22H25NO3.C12H9NO.C5H8O.H2P2S/c1-2-8-19-17(7-1)18-12-11-16(26-22-10-4-6-14-25-22)15-20(18)23(19)21-9-3-5-13-24-21;14-8-5-6-10-9-3-1-2-4-11(9)13-12(10)7-8;1-2-4-6-5-3-1;1-2-3/h1-2,7-8,11-12,15,21-22H,3-6,9-10,13-14H2;1-7,13-14H;2,4H,1,3,5H2;1H2/p+1/i/hT. The number of fused-ring (bicyclic) bond motifs is 6. The average Bonchev–Trinajstić information content (AvgIpc) is 3.68. The Morgan fingerprint density at radius 2 is 1.51 bits per heavy atom. The second-order valence-corrected chi connectivity index (χ2v) is 14.9. The highest BCUT2D eigenvalue weighted by molar-refractivity contribution is 8.24. The van der Waals surface area contributed by atoms with Gasteiger partial charge in [-0.25, -0.2) is 0 Å². The van der Waals surface area contributed by atoms with Crippen LogP contribution in [0.4, 0.5) is 0 Å². The minimum atomic E-state index is -0.870. The second-order valence-electron chi connectivity index (χ2n) is 12.2. The lowest BCUT2D eigenvalue weighted by Gasteiger charge is -2.26. The van der Waals surface area contributed by atoms with E-state index >= 15 is 0 Å². The highest BCUT2D eigenvalue weighted by Gasteiger charge is 2.22. The zero-order valence-electron chi connectivity index (χ0n) is 28.6. The summed E-state index contributed by atoms with van der Waals surface area (Å²) in [4.78, 5) is 3.26. The Kier molecular flexibility index (Phi) is 12.4. The third-order valence-corrected chi connectivity index (χ3v) is 8.85. The summed E-state index contributed by atoms with van der Waals surface area (Å²) in [5, 5.41) is 14.2. The Bertz CT molecular complexity index is 2040. The van der Waals surface area contributed by atoms with Crippen LogP contribution in [0.15, 0.2) is 97.3 Å². The van der Waals surface area contributed by atoms with Gasteiger partial charge in [-0.3, -0.25) is 0 Å². The molecule has 256 valence electrons. The fraction of sp³-hybridized carbons (Fsp3) is 0.333. The number of ether oxygens (including phenoxy) is 4. The van der Waals surface area contributed by atoms with Crippen molar-refractivity contribution in [1.29, 1.82) is 1.28 Å². The molecule has 4 atom stereocenters. The number of nitrogens with zero attached hydrogens (tertiary/aromatic N) is 1. The van der Waals surface area contributed by atoms with E-state index < -0.39 is 6.99 Å². The van der Waals surface area contributed by atoms with Crippen molar-refractivity contribution in [3.8, 4) is 11.5 Å². The molecule has 49 heavy (non-hydrogen) atoms. The maximum absolute atomic E-state index is 9.34. The summed E-state index contributed by atoms with van der Waals surface area (Å²) in [5.41, 5.74) is 4.51. The van der Waals surface area contributed by atoms with Gasteiger partial charge in [0.15, 0.2) is 25.1 Å². The number of phenols is 1. The Labute approximate surface area is 297 Å². The number of H-pyrrole nitrogens is 1. The Balaban J connectivity index is 0.000000149. The number of nitrogens with one attached hydrogen (secondary N) is 1. The lowest BCUT2D eigenvalue weighted by molar-refractivity contribution is -0.105. The van der Waals surface area contributed by atoms with Crippen molar-refractivity contribution < 1.29 is 24.1 Å². The van der Waals surface area contributed by atoms with Crippen LogP contribution >= 0.6 is 15.9 Å². The fourth-order valence-electron chi connectivity index (χ4n) is 6.58. The zero-order chi connectivity index (χ0) is 34.7. The number of aromatic hydroxyl groups is 1. The van der Waals surface area contributed by atoms with E-state index in [1.54, 1.807) is 18.4 Å². The number of benzene rings is 4. The van der Waals surface area contributed by atoms with Gasteiger partial charge in [-0.1, -0.05) is 36.4 Å². The van der Waals surface area contributed by atoms with Crippen LogP contribution in [-0.2, 0) is 26.0 Å². The van der Waals surface area contributed by atoms with Crippen LogP contribution in [0, 0.1) is 0 Å². The summed E-state index contributed by atoms with van der Waals surface area (Å²) in [5.74, 6) is 1.17. The van der Waals surface area contributed by atoms with Crippen molar-refractivity contribution in [1.82, 2.24) is 9.55 Å². The van der Waals surface area contributed by atoms with Crippen molar-refractivity contribution in [2.75, 3.05) is 19.8 Å². The monoisotopic (exact) mass is 717 g/mol. The Hall–Kier alpha value is -3.51. The summed E-state index contributed by atoms with van der Waals surface area (Å²) < 4.78 is 31.7. The van der Waals surface area contributed by atoms with Crippen molar-refractivity contribution in [2.24, 2.45) is 0 Å². The SMILES string of the molecule is C1=COCCC1.Oc1ccc2c(c1)[nH]c1ccccc12.[3H][P+](P)=S.c1ccc2c(c1)c1ccc(OC3CCCCO3)cc1n2C1CCCCO1. The molecule has 0 amide bonds. The molecule has 7 nitrogen and oxygen atoms in total. The number of allylic oxidation sites excluding steroid dienone is 1. The molecule has 0 aliphatic carbocycles. The predicted molar refractivity (Wildman–Crippen MR) is 210 cm³/mol. The van der Waals surface area contributed by atoms with Crippen molar-refractivity contribution >= 4 is 71.3 Å². The van der Waals surface area contributed by atoms with Crippen LogP contribution in [-0.4, -0.2) is 42.0 Å². The number of rotatable bonds is 3. The summed E-state index contributed by atoms with van der Waals surface area (Å²) in [6.07, 6.45) is 12.9. The Morgan fingerprint density at radius 1 is 0.796 bits per heavy atom. The molecular formula is C39H45N2O5P2S+. The van der Waals surface area contributed by atoms with E-state index in [1.807, 2.05) is 30.3 Å². The van der Waals surface area contributed by atoms with Crippen molar-refractivity contribution in [2.45, 2.75) is 63.9 Å². The number of aromatic nitrogens is 2. The molecule has 9 rings (SSSR count). The first kappa shape index (κ1) is 34.0. The molecule has 2 saturated heterocycles. The highest BCUT2D eigenvalue weighted by Crippen LogP contribution is 2.37. The molecule has 2 fully saturated rings. The molecule has 2 N–H and O–H groups in total. The van der Waals surface area contributed by atoms with Crippen LogP contribution in [0.25, 0.3) is 43.6 Å². The fourth-order valence-corrected chi connectivity index (χ4v) is 6.58. The van der Waals surface area contributed by atoms with Gasteiger partial charge in [-0.05, 0) is 87.4 Å². The van der Waals surface area contributed by atoms with E-state index in [0.717, 1.165) is 67.7 Å². The van der Waals surface area contributed by atoms with Gasteiger partial charge in [0.1, 0.15) is 17.7 Å². The van der Waals surface area contributed by atoms with E-state index in [1.165, 1.54) is 52.9 Å². The van der Waals surface area contributed by atoms with Crippen molar-refractivity contribution in [3.63, 3.8) is 0 Å². The van der Waals surface area contributed by atoms with E-state index in [4.69, 9.17) is 20.2 Å². The van der Waals surface area contributed by atoms with Gasteiger partial charge in [0, 0.05) is 52.2 Å². The van der Waals surface area contributed by atoms with Crippen molar-refractivity contribution in [3.05, 3.63) is 97.3 Å². The number of hydrogen-bond donors (Lipinski definition) is 2. The molecule has 4 aromatic carbocycles. The summed E-state index contributed by atoms with van der Waals surface area (Å²) in [6, 6.07) is 28.5. The van der Waals surface area contributed by atoms with Gasteiger partial charge in [-0.2, -0.15) is 0 Å². The third-order valence-electron chi connectivity index (χ3n) is 8.85. The quantitative estimate of drug-likeness (QED) is 0.178. The summed E-state index contributed by atoms with van der Waals surface area (Å²) >= 11 is 4.31. The minimum absolute atomic E-state index is 0.104. The number of phenolic OH excluding ortho intramolecular Hbond substituents is 1. The first-order chi connectivity index (χ1) is 24.5. The normalized spacial score (nSPS) is 19.4. The molecule has 2 aromatic heterocycles. The lowest BCUT2D eigenvalue weighted by atomic mass is 10.1. The topological polar surface area (TPSA) is 77.9 Å². The molecule has 3 aliphatic rings. The molecule has 0 spiro atoms. The molecule has 5 heterocycles. The first-order valence-corrected chi connectivity index (χ1v) is 20.6. The van der Waals surface area contributed by atoms with E-state index in [9.17, 15) is 5.11 Å². The average molecular weight is 718 g/mol. The molecule has 4 unspecified atom stereocenters. The summed E-state index contributed by atoms with van der Waals surface area (Å²) in [6.45, 7) is 1.68. The maximum atomic E-state index is 9.34. The van der Waals surface area contributed by atoms with Gasteiger partial charge < -0.3 is 33.6 Å². The lowest BCUT2D eigenvalue weighted by Crippen LogP contribution is -2.25. The van der Waals surface area contributed by atoms with E-state index in [0.29, 0.717) is 5.75 Å². The molecule has 3 aliphatic heterocycles. The number of aromatic amines is 1. The van der Waals surface area contributed by atoms with Gasteiger partial charge in [-0.15, -0.1) is 0 Å². The largest absolute Gasteiger partial charge is 0.508 e. The molecule has 0 radical (unpaired) electrons. The summed E-state index contributed by atoms with van der Waals surface area (Å²) in [7, 11) is 2.20. The van der Waals surface area contributed by atoms with Crippen LogP contribution < -0.4 is 4.74 Å². The van der Waals surface area contributed by atoms with Gasteiger partial charge in [0.05, 0.1) is 45.0 Å². The smallest absolute Gasteiger partial charge is 0.355 e. The first-order valence-electron chi connectivity index (χ1n) is 17.5. The Morgan fingerprint density at radius 3 is 2.20 bits per heavy atom.